The molecule has 0 fully saturated rings. The molecule has 0 amide bonds. The van der Waals surface area contributed by atoms with Crippen molar-refractivity contribution in [1.29, 1.82) is 0 Å². The van der Waals surface area contributed by atoms with E-state index < -0.39 is 10.0 Å². The molecule has 19 heavy (non-hydrogen) atoms. The highest BCUT2D eigenvalue weighted by Gasteiger charge is 2.17. The molecular weight excluding hydrogens is 290 g/mol. The summed E-state index contributed by atoms with van der Waals surface area (Å²) in [6.07, 6.45) is 1.37. The van der Waals surface area contributed by atoms with Crippen molar-refractivity contribution in [1.82, 2.24) is 9.88 Å². The lowest BCUT2D eigenvalue weighted by molar-refractivity contribution is 0.411. The van der Waals surface area contributed by atoms with E-state index in [0.717, 1.165) is 0 Å². The predicted molar refractivity (Wildman–Crippen MR) is 71.1 cm³/mol. The molecule has 1 aromatic carbocycles. The van der Waals surface area contributed by atoms with Gasteiger partial charge in [0.15, 0.2) is 0 Å². The minimum Gasteiger partial charge on any atom is -0.397 e. The fourth-order valence-electron chi connectivity index (χ4n) is 1.50. The largest absolute Gasteiger partial charge is 0.397 e. The first kappa shape index (κ1) is 13.9. The standard InChI is InChI=1S/C11H12ClN3O3S/c1-7-4-9(5-10(13)11(7)12)19(16,17)14-6-8-2-3-18-15-8/h2-5,14H,6,13H2,1H3. The van der Waals surface area contributed by atoms with E-state index in [2.05, 4.69) is 14.4 Å². The summed E-state index contributed by atoms with van der Waals surface area (Å²) in [6, 6.07) is 4.36. The number of hydrogen-bond donors (Lipinski definition) is 2. The van der Waals surface area contributed by atoms with E-state index in [4.69, 9.17) is 17.3 Å². The van der Waals surface area contributed by atoms with Crippen LogP contribution in [0.25, 0.3) is 0 Å². The monoisotopic (exact) mass is 301 g/mol. The quantitative estimate of drug-likeness (QED) is 0.837. The van der Waals surface area contributed by atoms with E-state index in [0.29, 0.717) is 16.3 Å². The third-order valence-corrected chi connectivity index (χ3v) is 4.40. The summed E-state index contributed by atoms with van der Waals surface area (Å²) in [5, 5.41) is 3.97. The van der Waals surface area contributed by atoms with Crippen molar-refractivity contribution < 1.29 is 12.9 Å². The lowest BCUT2D eigenvalue weighted by atomic mass is 10.2. The smallest absolute Gasteiger partial charge is 0.241 e. The molecule has 0 saturated carbocycles. The molecule has 0 aliphatic rings. The number of sulfonamides is 1. The Kier molecular flexibility index (Phi) is 3.79. The molecule has 8 heteroatoms. The number of aromatic nitrogens is 1. The first-order valence-electron chi connectivity index (χ1n) is 5.34. The van der Waals surface area contributed by atoms with Crippen LogP contribution in [0.1, 0.15) is 11.3 Å². The van der Waals surface area contributed by atoms with Crippen LogP contribution in [0.15, 0.2) is 33.9 Å². The Morgan fingerprint density at radius 3 is 2.79 bits per heavy atom. The summed E-state index contributed by atoms with van der Waals surface area (Å²) >= 11 is 5.90. The van der Waals surface area contributed by atoms with Crippen molar-refractivity contribution in [3.63, 3.8) is 0 Å². The van der Waals surface area contributed by atoms with Crippen LogP contribution in [0, 0.1) is 6.92 Å². The van der Waals surface area contributed by atoms with Crippen LogP contribution >= 0.6 is 11.6 Å². The molecule has 2 rings (SSSR count). The number of halogens is 1. The average molecular weight is 302 g/mol. The first-order chi connectivity index (χ1) is 8.90. The minimum atomic E-state index is -3.67. The van der Waals surface area contributed by atoms with Crippen molar-refractivity contribution in [2.75, 3.05) is 5.73 Å². The molecule has 102 valence electrons. The van der Waals surface area contributed by atoms with Crippen LogP contribution in [0.4, 0.5) is 5.69 Å². The third-order valence-electron chi connectivity index (χ3n) is 2.50. The molecule has 0 spiro atoms. The van der Waals surface area contributed by atoms with Gasteiger partial charge in [-0.05, 0) is 24.6 Å². The summed E-state index contributed by atoms with van der Waals surface area (Å²) in [6.45, 7) is 1.73. The molecule has 1 aromatic heterocycles. The number of anilines is 1. The summed E-state index contributed by atoms with van der Waals surface area (Å²) in [5.41, 5.74) is 6.97. The van der Waals surface area contributed by atoms with Gasteiger partial charge in [-0.25, -0.2) is 13.1 Å². The second-order valence-corrected chi connectivity index (χ2v) is 6.10. The van der Waals surface area contributed by atoms with Crippen molar-refractivity contribution in [2.24, 2.45) is 0 Å². The van der Waals surface area contributed by atoms with Gasteiger partial charge >= 0.3 is 0 Å². The molecule has 0 radical (unpaired) electrons. The minimum absolute atomic E-state index is 0.0421. The average Bonchev–Trinajstić information content (AvgIpc) is 2.86. The van der Waals surface area contributed by atoms with Crippen molar-refractivity contribution in [3.05, 3.63) is 40.7 Å². The molecule has 0 saturated heterocycles. The summed E-state index contributed by atoms with van der Waals surface area (Å²) in [4.78, 5) is 0.0652. The topological polar surface area (TPSA) is 98.2 Å². The molecule has 0 atom stereocenters. The number of hydrogen-bond acceptors (Lipinski definition) is 5. The first-order valence-corrected chi connectivity index (χ1v) is 7.21. The van der Waals surface area contributed by atoms with Crippen LogP contribution in [0.3, 0.4) is 0 Å². The third kappa shape index (κ3) is 3.06. The Balaban J connectivity index is 2.24. The summed E-state index contributed by atoms with van der Waals surface area (Å²) in [5.74, 6) is 0. The van der Waals surface area contributed by atoms with Crippen molar-refractivity contribution >= 4 is 27.3 Å². The van der Waals surface area contributed by atoms with E-state index in [9.17, 15) is 8.42 Å². The maximum atomic E-state index is 12.1. The molecule has 3 N–H and O–H groups in total. The fourth-order valence-corrected chi connectivity index (χ4v) is 2.73. The number of nitrogens with two attached hydrogens (primary N) is 1. The van der Waals surface area contributed by atoms with E-state index in [-0.39, 0.29) is 17.1 Å². The van der Waals surface area contributed by atoms with Gasteiger partial charge in [-0.2, -0.15) is 0 Å². The van der Waals surface area contributed by atoms with Gasteiger partial charge in [0.25, 0.3) is 0 Å². The van der Waals surface area contributed by atoms with E-state index in [1.807, 2.05) is 0 Å². The lowest BCUT2D eigenvalue weighted by Crippen LogP contribution is -2.23. The number of nitrogens with zero attached hydrogens (tertiary/aromatic N) is 1. The van der Waals surface area contributed by atoms with Gasteiger partial charge in [-0.3, -0.25) is 0 Å². The molecule has 6 nitrogen and oxygen atoms in total. The second-order valence-electron chi connectivity index (χ2n) is 3.96. The van der Waals surface area contributed by atoms with Gasteiger partial charge in [0.1, 0.15) is 6.26 Å². The van der Waals surface area contributed by atoms with E-state index >= 15 is 0 Å². The molecule has 0 bridgehead atoms. The second kappa shape index (κ2) is 5.20. The van der Waals surface area contributed by atoms with Gasteiger partial charge in [0.2, 0.25) is 10.0 Å². The zero-order chi connectivity index (χ0) is 14.0. The molecular formula is C11H12ClN3O3S. The van der Waals surface area contributed by atoms with Gasteiger partial charge in [-0.1, -0.05) is 16.8 Å². The SMILES string of the molecule is Cc1cc(S(=O)(=O)NCc2ccon2)cc(N)c1Cl. The zero-order valence-corrected chi connectivity index (χ0v) is 11.6. The Morgan fingerprint density at radius 2 is 2.21 bits per heavy atom. The highest BCUT2D eigenvalue weighted by atomic mass is 35.5. The molecule has 2 aromatic rings. The highest BCUT2D eigenvalue weighted by Crippen LogP contribution is 2.26. The lowest BCUT2D eigenvalue weighted by Gasteiger charge is -2.09. The number of rotatable bonds is 4. The highest BCUT2D eigenvalue weighted by molar-refractivity contribution is 7.89. The van der Waals surface area contributed by atoms with Crippen molar-refractivity contribution in [3.8, 4) is 0 Å². The van der Waals surface area contributed by atoms with Gasteiger partial charge < -0.3 is 10.3 Å². The summed E-state index contributed by atoms with van der Waals surface area (Å²) < 4.78 is 31.2. The van der Waals surface area contributed by atoms with Gasteiger partial charge in [0, 0.05) is 6.07 Å². The fraction of sp³-hybridized carbons (Fsp3) is 0.182. The van der Waals surface area contributed by atoms with Crippen LogP contribution in [0.2, 0.25) is 5.02 Å². The summed E-state index contributed by atoms with van der Waals surface area (Å²) in [7, 11) is -3.67. The number of nitrogen functional groups attached to an aromatic ring is 1. The van der Waals surface area contributed by atoms with Gasteiger partial charge in [-0.15, -0.1) is 0 Å². The molecule has 0 aliphatic carbocycles. The Labute approximate surface area is 115 Å². The number of nitrogens with one attached hydrogen (secondary N) is 1. The van der Waals surface area contributed by atoms with Gasteiger partial charge in [0.05, 0.1) is 27.8 Å². The maximum absolute atomic E-state index is 12.1. The molecule has 0 unspecified atom stereocenters. The maximum Gasteiger partial charge on any atom is 0.241 e. The molecule has 1 heterocycles. The Bertz CT molecular complexity index is 660. The number of benzene rings is 1. The zero-order valence-electron chi connectivity index (χ0n) is 10.1. The molecule has 0 aliphatic heterocycles. The van der Waals surface area contributed by atoms with Crippen LogP contribution in [-0.2, 0) is 16.6 Å². The Morgan fingerprint density at radius 1 is 1.47 bits per heavy atom. The number of aryl methyl sites for hydroxylation is 1. The predicted octanol–water partition coefficient (Wildman–Crippen LogP) is 1.70. The van der Waals surface area contributed by atoms with E-state index in [1.165, 1.54) is 18.4 Å². The van der Waals surface area contributed by atoms with Crippen molar-refractivity contribution in [2.45, 2.75) is 18.4 Å². The Hall–Kier alpha value is -1.57. The van der Waals surface area contributed by atoms with E-state index in [1.54, 1.807) is 13.0 Å². The normalized spacial score (nSPS) is 11.7. The van der Waals surface area contributed by atoms with Crippen LogP contribution in [-0.4, -0.2) is 13.6 Å². The van der Waals surface area contributed by atoms with Crippen LogP contribution in [0.5, 0.6) is 0 Å². The van der Waals surface area contributed by atoms with Crippen LogP contribution < -0.4 is 10.5 Å².